The van der Waals surface area contributed by atoms with E-state index in [0.717, 1.165) is 30.2 Å². The Hall–Kier alpha value is -3.50. The summed E-state index contributed by atoms with van der Waals surface area (Å²) < 4.78 is 0. The predicted molar refractivity (Wildman–Crippen MR) is 107 cm³/mol. The number of anilines is 3. The topological polar surface area (TPSA) is 89.8 Å². The second kappa shape index (κ2) is 8.74. The quantitative estimate of drug-likeness (QED) is 0.670. The molecular weight excluding hydrogens is 338 g/mol. The zero-order chi connectivity index (χ0) is 19.1. The molecule has 2 aromatic heterocycles. The number of hydrogen-bond acceptors (Lipinski definition) is 7. The third-order valence-electron chi connectivity index (χ3n) is 3.76. The molecule has 0 saturated heterocycles. The number of nitriles is 1. The minimum atomic E-state index is 0.527. The lowest BCUT2D eigenvalue weighted by molar-refractivity contribution is 0.425. The van der Waals surface area contributed by atoms with E-state index in [1.807, 2.05) is 50.5 Å². The van der Waals surface area contributed by atoms with Gasteiger partial charge < -0.3 is 15.5 Å². The summed E-state index contributed by atoms with van der Waals surface area (Å²) in [4.78, 5) is 15.6. The van der Waals surface area contributed by atoms with Crippen LogP contribution in [0.1, 0.15) is 5.56 Å². The van der Waals surface area contributed by atoms with Crippen LogP contribution in [0, 0.1) is 11.3 Å². The Morgan fingerprint density at radius 1 is 1.04 bits per heavy atom. The Bertz CT molecular complexity index is 933. The van der Waals surface area contributed by atoms with Crippen molar-refractivity contribution >= 4 is 17.5 Å². The Kier molecular flexibility index (Phi) is 5.92. The van der Waals surface area contributed by atoms with E-state index in [0.29, 0.717) is 17.3 Å². The van der Waals surface area contributed by atoms with Gasteiger partial charge in [-0.1, -0.05) is 12.1 Å². The fraction of sp³-hybridized carbons (Fsp3) is 0.200. The molecule has 0 fully saturated rings. The summed E-state index contributed by atoms with van der Waals surface area (Å²) in [6.07, 6.45) is 1.74. The molecule has 7 nitrogen and oxygen atoms in total. The first-order valence-corrected chi connectivity index (χ1v) is 8.60. The first-order chi connectivity index (χ1) is 13.1. The van der Waals surface area contributed by atoms with Crippen molar-refractivity contribution in [2.24, 2.45) is 0 Å². The van der Waals surface area contributed by atoms with Crippen LogP contribution >= 0.6 is 0 Å². The van der Waals surface area contributed by atoms with Crippen LogP contribution in [0.25, 0.3) is 11.4 Å². The lowest BCUT2D eigenvalue weighted by Gasteiger charge is -2.13. The monoisotopic (exact) mass is 359 g/mol. The third kappa shape index (κ3) is 5.23. The van der Waals surface area contributed by atoms with E-state index in [1.54, 1.807) is 18.3 Å². The summed E-state index contributed by atoms with van der Waals surface area (Å²) in [5.74, 6) is 1.16. The molecule has 0 unspecified atom stereocenters. The minimum Gasteiger partial charge on any atom is -0.353 e. The highest BCUT2D eigenvalue weighted by Gasteiger charge is 2.08. The zero-order valence-electron chi connectivity index (χ0n) is 15.3. The molecule has 1 aromatic carbocycles. The van der Waals surface area contributed by atoms with Crippen LogP contribution in [0.15, 0.2) is 54.7 Å². The first kappa shape index (κ1) is 18.3. The lowest BCUT2D eigenvalue weighted by atomic mass is 10.2. The number of rotatable bonds is 7. The Morgan fingerprint density at radius 3 is 2.67 bits per heavy atom. The maximum absolute atomic E-state index is 9.08. The summed E-state index contributed by atoms with van der Waals surface area (Å²) in [6.45, 7) is 1.59. The molecule has 0 radical (unpaired) electrons. The summed E-state index contributed by atoms with van der Waals surface area (Å²) in [5.41, 5.74) is 2.86. The number of pyridine rings is 1. The molecule has 0 aliphatic rings. The number of aromatic nitrogens is 3. The van der Waals surface area contributed by atoms with Crippen LogP contribution in [0.4, 0.5) is 17.5 Å². The molecule has 0 aliphatic carbocycles. The van der Waals surface area contributed by atoms with Gasteiger partial charge >= 0.3 is 0 Å². The molecule has 0 spiro atoms. The largest absolute Gasteiger partial charge is 0.353 e. The highest BCUT2D eigenvalue weighted by atomic mass is 15.2. The summed E-state index contributed by atoms with van der Waals surface area (Å²) in [7, 11) is 4.03. The van der Waals surface area contributed by atoms with Crippen molar-refractivity contribution in [2.75, 3.05) is 37.8 Å². The van der Waals surface area contributed by atoms with E-state index in [1.165, 1.54) is 0 Å². The predicted octanol–water partition coefficient (Wildman–Crippen LogP) is 3.13. The van der Waals surface area contributed by atoms with Gasteiger partial charge in [0.05, 0.1) is 23.0 Å². The van der Waals surface area contributed by atoms with Gasteiger partial charge in [0.25, 0.3) is 0 Å². The van der Waals surface area contributed by atoms with Gasteiger partial charge in [0, 0.05) is 31.0 Å². The molecule has 136 valence electrons. The van der Waals surface area contributed by atoms with E-state index < -0.39 is 0 Å². The van der Waals surface area contributed by atoms with Crippen molar-refractivity contribution in [3.63, 3.8) is 0 Å². The van der Waals surface area contributed by atoms with Crippen molar-refractivity contribution in [2.45, 2.75) is 0 Å². The van der Waals surface area contributed by atoms with Gasteiger partial charge in [0.15, 0.2) is 0 Å². The minimum absolute atomic E-state index is 0.527. The van der Waals surface area contributed by atoms with Gasteiger partial charge in [-0.15, -0.1) is 0 Å². The molecule has 3 aromatic rings. The second-order valence-electron chi connectivity index (χ2n) is 6.22. The number of likely N-dealkylation sites (N-methyl/N-ethyl adjacent to an activating group) is 1. The average Bonchev–Trinajstić information content (AvgIpc) is 2.68. The summed E-state index contributed by atoms with van der Waals surface area (Å²) in [5, 5.41) is 15.6. The van der Waals surface area contributed by atoms with Crippen LogP contribution in [0.3, 0.4) is 0 Å². The number of benzene rings is 1. The van der Waals surface area contributed by atoms with Crippen molar-refractivity contribution in [1.82, 2.24) is 19.9 Å². The molecule has 2 heterocycles. The Labute approximate surface area is 158 Å². The van der Waals surface area contributed by atoms with Crippen molar-refractivity contribution in [3.8, 4) is 17.5 Å². The van der Waals surface area contributed by atoms with Gasteiger partial charge in [-0.3, -0.25) is 4.98 Å². The normalized spacial score (nSPS) is 10.4. The van der Waals surface area contributed by atoms with Crippen LogP contribution in [-0.2, 0) is 0 Å². The van der Waals surface area contributed by atoms with E-state index in [9.17, 15) is 0 Å². The fourth-order valence-corrected chi connectivity index (χ4v) is 2.44. The van der Waals surface area contributed by atoms with Gasteiger partial charge in [-0.05, 0) is 44.4 Å². The maximum Gasteiger partial charge on any atom is 0.225 e. The zero-order valence-corrected chi connectivity index (χ0v) is 15.3. The van der Waals surface area contributed by atoms with Gasteiger partial charge in [-0.2, -0.15) is 10.2 Å². The van der Waals surface area contributed by atoms with E-state index in [4.69, 9.17) is 5.26 Å². The van der Waals surface area contributed by atoms with Crippen molar-refractivity contribution in [3.05, 3.63) is 60.3 Å². The standard InChI is InChI=1S/C20H21N7/c1-27(2)11-10-23-20-25-18(17-8-3-4-9-22-17)13-19(26-20)24-16-7-5-6-15(12-16)14-21/h3-9,12-13H,10-11H2,1-2H3,(H2,23,24,25,26). The molecule has 3 rings (SSSR count). The summed E-state index contributed by atoms with van der Waals surface area (Å²) in [6, 6.07) is 17.0. The SMILES string of the molecule is CN(C)CCNc1nc(Nc2cccc(C#N)c2)cc(-c2ccccn2)n1. The molecule has 0 saturated carbocycles. The molecule has 0 aliphatic heterocycles. The molecule has 2 N–H and O–H groups in total. The van der Waals surface area contributed by atoms with Gasteiger partial charge in [0.2, 0.25) is 5.95 Å². The molecular formula is C20H21N7. The van der Waals surface area contributed by atoms with Crippen LogP contribution in [-0.4, -0.2) is 47.0 Å². The van der Waals surface area contributed by atoms with Crippen LogP contribution in [0.5, 0.6) is 0 Å². The number of hydrogen-bond donors (Lipinski definition) is 2. The van der Waals surface area contributed by atoms with Crippen molar-refractivity contribution < 1.29 is 0 Å². The highest BCUT2D eigenvalue weighted by Crippen LogP contribution is 2.22. The smallest absolute Gasteiger partial charge is 0.225 e. The van der Waals surface area contributed by atoms with Crippen LogP contribution in [0.2, 0.25) is 0 Å². The van der Waals surface area contributed by atoms with E-state index >= 15 is 0 Å². The molecule has 0 amide bonds. The van der Waals surface area contributed by atoms with Crippen molar-refractivity contribution in [1.29, 1.82) is 5.26 Å². The fourth-order valence-electron chi connectivity index (χ4n) is 2.44. The lowest BCUT2D eigenvalue weighted by Crippen LogP contribution is -2.21. The maximum atomic E-state index is 9.08. The first-order valence-electron chi connectivity index (χ1n) is 8.60. The molecule has 7 heteroatoms. The van der Waals surface area contributed by atoms with E-state index in [-0.39, 0.29) is 0 Å². The van der Waals surface area contributed by atoms with Gasteiger partial charge in [0.1, 0.15) is 5.82 Å². The average molecular weight is 359 g/mol. The summed E-state index contributed by atoms with van der Waals surface area (Å²) >= 11 is 0. The number of nitrogens with zero attached hydrogens (tertiary/aromatic N) is 5. The highest BCUT2D eigenvalue weighted by molar-refractivity contribution is 5.65. The Morgan fingerprint density at radius 2 is 1.93 bits per heavy atom. The van der Waals surface area contributed by atoms with Crippen LogP contribution < -0.4 is 10.6 Å². The Balaban J connectivity index is 1.90. The van der Waals surface area contributed by atoms with Gasteiger partial charge in [-0.25, -0.2) is 4.98 Å². The molecule has 27 heavy (non-hydrogen) atoms. The molecule has 0 atom stereocenters. The second-order valence-corrected chi connectivity index (χ2v) is 6.22. The molecule has 0 bridgehead atoms. The third-order valence-corrected chi connectivity index (χ3v) is 3.76. The number of nitrogens with one attached hydrogen (secondary N) is 2. The van der Waals surface area contributed by atoms with E-state index in [2.05, 4.69) is 36.6 Å².